The van der Waals surface area contributed by atoms with Gasteiger partial charge in [0.25, 0.3) is 0 Å². The summed E-state index contributed by atoms with van der Waals surface area (Å²) >= 11 is 5.82. The van der Waals surface area contributed by atoms with E-state index in [9.17, 15) is 4.79 Å². The number of anilines is 1. The van der Waals surface area contributed by atoms with E-state index in [1.807, 2.05) is 79.0 Å². The second kappa shape index (κ2) is 11.0. The zero-order valence-electron chi connectivity index (χ0n) is 21.3. The molecule has 1 saturated heterocycles. The van der Waals surface area contributed by atoms with Gasteiger partial charge in [0.1, 0.15) is 0 Å². The van der Waals surface area contributed by atoms with Crippen LogP contribution in [-0.2, 0) is 11.3 Å². The molecule has 0 spiro atoms. The van der Waals surface area contributed by atoms with Crippen LogP contribution < -0.4 is 10.6 Å². The third kappa shape index (κ3) is 5.24. The largest absolute Gasteiger partial charge is 0.352 e. The molecule has 7 nitrogen and oxygen atoms in total. The molecule has 1 aliphatic heterocycles. The molecular weight excluding hydrogens is 504 g/mol. The van der Waals surface area contributed by atoms with Crippen molar-refractivity contribution in [2.24, 2.45) is 0 Å². The predicted molar refractivity (Wildman–Crippen MR) is 157 cm³/mol. The van der Waals surface area contributed by atoms with Crippen LogP contribution in [0.25, 0.3) is 10.8 Å². The molecule has 0 saturated carbocycles. The van der Waals surface area contributed by atoms with Crippen molar-refractivity contribution in [3.8, 4) is 0 Å². The summed E-state index contributed by atoms with van der Waals surface area (Å²) in [5, 5.41) is 9.32. The Kier molecular flexibility index (Phi) is 7.01. The zero-order valence-corrected chi connectivity index (χ0v) is 22.1. The maximum atomic E-state index is 13.1. The van der Waals surface area contributed by atoms with Crippen molar-refractivity contribution in [2.75, 3.05) is 11.9 Å². The molecule has 0 radical (unpaired) electrons. The number of nitrogens with one attached hydrogen (secondary N) is 2. The van der Waals surface area contributed by atoms with Crippen molar-refractivity contribution in [1.29, 1.82) is 0 Å². The lowest BCUT2D eigenvalue weighted by molar-refractivity contribution is -0.116. The number of hydrogen-bond donors (Lipinski definition) is 2. The number of amides is 1. The Morgan fingerprint density at radius 3 is 2.67 bits per heavy atom. The molecule has 4 heterocycles. The Morgan fingerprint density at radius 1 is 0.949 bits per heavy atom. The molecule has 39 heavy (non-hydrogen) atoms. The molecule has 0 unspecified atom stereocenters. The van der Waals surface area contributed by atoms with Crippen molar-refractivity contribution in [2.45, 2.75) is 25.0 Å². The Bertz CT molecular complexity index is 1600. The molecule has 2 N–H and O–H groups in total. The van der Waals surface area contributed by atoms with E-state index in [4.69, 9.17) is 12.2 Å². The van der Waals surface area contributed by atoms with E-state index in [1.165, 1.54) is 0 Å². The van der Waals surface area contributed by atoms with Crippen LogP contribution >= 0.6 is 12.2 Å². The van der Waals surface area contributed by atoms with Crippen LogP contribution in [-0.4, -0.2) is 37.0 Å². The standard InChI is InChI=1S/C31H28N6OS/c38-28(34-25-13-5-10-23-9-1-2-11-24(23)25)15-19-37-30(29(35-31(37)39)26-12-3-4-17-33-26)27-14-7-18-36(27)21-22-8-6-16-32-20-22/h1-14,16-18,20,29-30H,15,19,21H2,(H,34,38)(H,35,39)/t29-,30+/m1/s1. The molecule has 1 fully saturated rings. The molecule has 8 heteroatoms. The Balaban J connectivity index is 1.26. The summed E-state index contributed by atoms with van der Waals surface area (Å²) in [5.74, 6) is -0.0556. The number of carbonyl (C=O) groups is 1. The molecule has 1 amide bonds. The monoisotopic (exact) mass is 532 g/mol. The zero-order chi connectivity index (χ0) is 26.6. The van der Waals surface area contributed by atoms with Gasteiger partial charge in [0.2, 0.25) is 5.91 Å². The Labute approximate surface area is 232 Å². The van der Waals surface area contributed by atoms with E-state index >= 15 is 0 Å². The van der Waals surface area contributed by atoms with Crippen LogP contribution in [0.15, 0.2) is 110 Å². The van der Waals surface area contributed by atoms with Gasteiger partial charge in [-0.3, -0.25) is 14.8 Å². The van der Waals surface area contributed by atoms with Crippen LogP contribution in [0.3, 0.4) is 0 Å². The van der Waals surface area contributed by atoms with Crippen molar-refractivity contribution < 1.29 is 4.79 Å². The summed E-state index contributed by atoms with van der Waals surface area (Å²) in [4.78, 5) is 24.2. The third-order valence-corrected chi connectivity index (χ3v) is 7.44. The van der Waals surface area contributed by atoms with E-state index in [-0.39, 0.29) is 18.0 Å². The molecule has 194 valence electrons. The van der Waals surface area contributed by atoms with Crippen molar-refractivity contribution in [3.05, 3.63) is 127 Å². The van der Waals surface area contributed by atoms with Gasteiger partial charge in [-0.15, -0.1) is 0 Å². The number of fused-ring (bicyclic) bond motifs is 1. The summed E-state index contributed by atoms with van der Waals surface area (Å²) in [6, 6.07) is 27.8. The minimum absolute atomic E-state index is 0.0556. The number of carbonyl (C=O) groups excluding carboxylic acids is 1. The van der Waals surface area contributed by atoms with Gasteiger partial charge in [-0.2, -0.15) is 0 Å². The van der Waals surface area contributed by atoms with Crippen LogP contribution in [0.1, 0.15) is 35.5 Å². The number of benzene rings is 2. The number of rotatable bonds is 8. The van der Waals surface area contributed by atoms with Gasteiger partial charge in [-0.05, 0) is 59.6 Å². The second-order valence-electron chi connectivity index (χ2n) is 9.57. The minimum atomic E-state index is -0.151. The fourth-order valence-electron chi connectivity index (χ4n) is 5.27. The Hall–Kier alpha value is -4.56. The molecule has 3 aromatic heterocycles. The molecule has 2 atom stereocenters. The van der Waals surface area contributed by atoms with Gasteiger partial charge >= 0.3 is 0 Å². The lowest BCUT2D eigenvalue weighted by atomic mass is 10.0. The van der Waals surface area contributed by atoms with Gasteiger partial charge in [-0.1, -0.05) is 48.5 Å². The average Bonchev–Trinajstić information content (AvgIpc) is 3.56. The molecule has 0 aliphatic carbocycles. The van der Waals surface area contributed by atoms with Crippen molar-refractivity contribution in [3.63, 3.8) is 0 Å². The minimum Gasteiger partial charge on any atom is -0.352 e. The maximum Gasteiger partial charge on any atom is 0.226 e. The van der Waals surface area contributed by atoms with Crippen LogP contribution in [0.5, 0.6) is 0 Å². The number of pyridine rings is 2. The van der Waals surface area contributed by atoms with Gasteiger partial charge in [0.05, 0.1) is 17.8 Å². The normalized spacial score (nSPS) is 16.8. The number of nitrogens with zero attached hydrogens (tertiary/aromatic N) is 4. The lowest BCUT2D eigenvalue weighted by Gasteiger charge is -2.29. The first-order chi connectivity index (χ1) is 19.2. The third-order valence-electron chi connectivity index (χ3n) is 7.08. The van der Waals surface area contributed by atoms with Gasteiger partial charge in [0, 0.05) is 61.1 Å². The molecule has 0 bridgehead atoms. The summed E-state index contributed by atoms with van der Waals surface area (Å²) in [7, 11) is 0. The molecule has 1 aliphatic rings. The van der Waals surface area contributed by atoms with Gasteiger partial charge in [-0.25, -0.2) is 0 Å². The van der Waals surface area contributed by atoms with E-state index in [2.05, 4.69) is 48.4 Å². The molecule has 6 rings (SSSR count). The van der Waals surface area contributed by atoms with E-state index in [0.29, 0.717) is 24.6 Å². The fraction of sp³-hybridized carbons (Fsp3) is 0.161. The predicted octanol–water partition coefficient (Wildman–Crippen LogP) is 5.48. The SMILES string of the molecule is O=C(CCN1C(=S)N[C@H](c2ccccn2)[C@@H]1c1cccn1Cc1cccnc1)Nc1cccc2ccccc12. The highest BCUT2D eigenvalue weighted by Gasteiger charge is 2.41. The first kappa shape index (κ1) is 24.8. The van der Waals surface area contributed by atoms with Gasteiger partial charge < -0.3 is 20.1 Å². The van der Waals surface area contributed by atoms with E-state index in [0.717, 1.165) is 33.4 Å². The smallest absolute Gasteiger partial charge is 0.226 e. The number of hydrogen-bond acceptors (Lipinski definition) is 4. The van der Waals surface area contributed by atoms with Gasteiger partial charge in [0.15, 0.2) is 5.11 Å². The highest BCUT2D eigenvalue weighted by molar-refractivity contribution is 7.80. The lowest BCUT2D eigenvalue weighted by Crippen LogP contribution is -2.33. The van der Waals surface area contributed by atoms with Crippen LogP contribution in [0.4, 0.5) is 5.69 Å². The van der Waals surface area contributed by atoms with E-state index < -0.39 is 0 Å². The first-order valence-electron chi connectivity index (χ1n) is 13.0. The quantitative estimate of drug-likeness (QED) is 0.258. The van der Waals surface area contributed by atoms with Crippen LogP contribution in [0.2, 0.25) is 0 Å². The molecule has 5 aromatic rings. The average molecular weight is 533 g/mol. The van der Waals surface area contributed by atoms with E-state index in [1.54, 1.807) is 12.4 Å². The summed E-state index contributed by atoms with van der Waals surface area (Å²) < 4.78 is 2.22. The van der Waals surface area contributed by atoms with Crippen LogP contribution in [0, 0.1) is 0 Å². The first-order valence-corrected chi connectivity index (χ1v) is 13.4. The molecule has 2 aromatic carbocycles. The topological polar surface area (TPSA) is 75.1 Å². The van der Waals surface area contributed by atoms with Crippen molar-refractivity contribution in [1.82, 2.24) is 24.8 Å². The maximum absolute atomic E-state index is 13.1. The summed E-state index contributed by atoms with van der Waals surface area (Å²) in [6.07, 6.45) is 7.82. The highest BCUT2D eigenvalue weighted by atomic mass is 32.1. The summed E-state index contributed by atoms with van der Waals surface area (Å²) in [6.45, 7) is 1.15. The summed E-state index contributed by atoms with van der Waals surface area (Å²) in [5.41, 5.74) is 3.92. The highest BCUT2D eigenvalue weighted by Crippen LogP contribution is 2.39. The number of aromatic nitrogens is 3. The van der Waals surface area contributed by atoms with Crippen molar-refractivity contribution >= 4 is 39.7 Å². The fourth-order valence-corrected chi connectivity index (χ4v) is 5.60. The molecular formula is C31H28N6OS. The number of thiocarbonyl (C=S) groups is 1. The second-order valence-corrected chi connectivity index (χ2v) is 9.95. The Morgan fingerprint density at radius 2 is 1.82 bits per heavy atom.